The van der Waals surface area contributed by atoms with Crippen LogP contribution in [0.2, 0.25) is 0 Å². The average Bonchev–Trinajstić information content (AvgIpc) is 2.91. The van der Waals surface area contributed by atoms with E-state index in [1.54, 1.807) is 11.3 Å². The van der Waals surface area contributed by atoms with Crippen molar-refractivity contribution < 1.29 is 0 Å². The molecule has 1 aromatic heterocycles. The van der Waals surface area contributed by atoms with E-state index < -0.39 is 0 Å². The smallest absolute Gasteiger partial charge is 0.0898 e. The van der Waals surface area contributed by atoms with E-state index in [2.05, 4.69) is 58.3 Å². The Morgan fingerprint density at radius 2 is 2.00 bits per heavy atom. The molecule has 0 bridgehead atoms. The lowest BCUT2D eigenvalue weighted by molar-refractivity contribution is 0.542. The molecule has 0 amide bonds. The first kappa shape index (κ1) is 13.2. The first-order valence-corrected chi connectivity index (χ1v) is 7.50. The molecule has 0 aliphatic heterocycles. The minimum atomic E-state index is 0.0470. The number of nitrogens with two attached hydrogens (primary N) is 1. The summed E-state index contributed by atoms with van der Waals surface area (Å²) in [5.74, 6) is 5.72. The normalized spacial score (nSPS) is 12.7. The maximum atomic E-state index is 5.72. The molecule has 1 unspecified atom stereocenters. The number of aryl methyl sites for hydroxylation is 1. The lowest BCUT2D eigenvalue weighted by Gasteiger charge is -2.15. The van der Waals surface area contributed by atoms with Crippen LogP contribution in [0.1, 0.15) is 22.3 Å². The van der Waals surface area contributed by atoms with Crippen molar-refractivity contribution in [2.45, 2.75) is 19.4 Å². The van der Waals surface area contributed by atoms with Crippen molar-refractivity contribution >= 4 is 22.1 Å². The van der Waals surface area contributed by atoms with Crippen molar-refractivity contribution in [2.24, 2.45) is 5.84 Å². The summed E-state index contributed by atoms with van der Waals surface area (Å²) in [6, 6.07) is 14.9. The molecule has 102 valence electrons. The zero-order valence-electron chi connectivity index (χ0n) is 11.3. The number of aromatic nitrogens is 1. The predicted octanol–water partition coefficient (Wildman–Crippen LogP) is 3.35. The van der Waals surface area contributed by atoms with Gasteiger partial charge in [0.25, 0.3) is 0 Å². The summed E-state index contributed by atoms with van der Waals surface area (Å²) in [4.78, 5) is 4.53. The van der Waals surface area contributed by atoms with Gasteiger partial charge in [0.15, 0.2) is 0 Å². The fourth-order valence-corrected chi connectivity index (χ4v) is 3.15. The van der Waals surface area contributed by atoms with Gasteiger partial charge in [0.05, 0.1) is 16.7 Å². The van der Waals surface area contributed by atoms with Gasteiger partial charge in [-0.3, -0.25) is 11.3 Å². The van der Waals surface area contributed by atoms with E-state index in [9.17, 15) is 0 Å². The van der Waals surface area contributed by atoms with Gasteiger partial charge in [-0.25, -0.2) is 4.98 Å². The number of nitrogens with zero attached hydrogens (tertiary/aromatic N) is 1. The fraction of sp³-hybridized carbons (Fsp3) is 0.188. The lowest BCUT2D eigenvalue weighted by Crippen LogP contribution is -2.29. The second kappa shape index (κ2) is 5.71. The van der Waals surface area contributed by atoms with Crippen molar-refractivity contribution in [3.8, 4) is 0 Å². The van der Waals surface area contributed by atoms with Gasteiger partial charge in [0, 0.05) is 5.38 Å². The average molecular weight is 283 g/mol. The third-order valence-electron chi connectivity index (χ3n) is 3.50. The van der Waals surface area contributed by atoms with Crippen LogP contribution in [0, 0.1) is 6.92 Å². The summed E-state index contributed by atoms with van der Waals surface area (Å²) in [6.07, 6.45) is 0.834. The molecule has 2 aromatic carbocycles. The van der Waals surface area contributed by atoms with Gasteiger partial charge >= 0.3 is 0 Å². The van der Waals surface area contributed by atoms with Crippen LogP contribution >= 0.6 is 11.3 Å². The highest BCUT2D eigenvalue weighted by molar-refractivity contribution is 7.09. The fourth-order valence-electron chi connectivity index (χ4n) is 2.48. The topological polar surface area (TPSA) is 50.9 Å². The largest absolute Gasteiger partial charge is 0.271 e. The molecule has 0 saturated heterocycles. The molecule has 0 aliphatic carbocycles. The van der Waals surface area contributed by atoms with Crippen LogP contribution in [-0.4, -0.2) is 4.98 Å². The summed E-state index contributed by atoms with van der Waals surface area (Å²) >= 11 is 1.66. The Bertz CT molecular complexity index is 715. The Labute approximate surface area is 122 Å². The summed E-state index contributed by atoms with van der Waals surface area (Å²) in [6.45, 7) is 2.01. The van der Waals surface area contributed by atoms with Gasteiger partial charge in [-0.05, 0) is 29.7 Å². The Morgan fingerprint density at radius 3 is 2.75 bits per heavy atom. The van der Waals surface area contributed by atoms with Crippen LogP contribution in [0.4, 0.5) is 0 Å². The molecular weight excluding hydrogens is 266 g/mol. The van der Waals surface area contributed by atoms with Crippen molar-refractivity contribution in [1.29, 1.82) is 0 Å². The number of hydrogen-bond acceptors (Lipinski definition) is 4. The van der Waals surface area contributed by atoms with E-state index in [1.807, 2.05) is 6.92 Å². The first-order valence-electron chi connectivity index (χ1n) is 6.62. The highest BCUT2D eigenvalue weighted by Crippen LogP contribution is 2.25. The van der Waals surface area contributed by atoms with E-state index in [0.29, 0.717) is 0 Å². The molecule has 3 aromatic rings. The Hall–Kier alpha value is -1.75. The zero-order chi connectivity index (χ0) is 13.9. The van der Waals surface area contributed by atoms with Crippen molar-refractivity contribution in [3.63, 3.8) is 0 Å². The van der Waals surface area contributed by atoms with Gasteiger partial charge in [-0.15, -0.1) is 11.3 Å². The molecule has 0 fully saturated rings. The number of fused-ring (bicyclic) bond motifs is 1. The number of thiazole rings is 1. The van der Waals surface area contributed by atoms with Gasteiger partial charge in [0.2, 0.25) is 0 Å². The Balaban J connectivity index is 1.95. The molecule has 0 spiro atoms. The Morgan fingerprint density at radius 1 is 1.20 bits per heavy atom. The molecular formula is C16H17N3S. The third kappa shape index (κ3) is 2.58. The van der Waals surface area contributed by atoms with Gasteiger partial charge in [-0.1, -0.05) is 42.5 Å². The number of hydrogen-bond donors (Lipinski definition) is 2. The van der Waals surface area contributed by atoms with E-state index in [-0.39, 0.29) is 6.04 Å². The third-order valence-corrected chi connectivity index (χ3v) is 4.29. The van der Waals surface area contributed by atoms with Crippen molar-refractivity contribution in [2.75, 3.05) is 0 Å². The van der Waals surface area contributed by atoms with Crippen LogP contribution in [0.5, 0.6) is 0 Å². The first-order chi connectivity index (χ1) is 9.78. The number of hydrazine groups is 1. The predicted molar refractivity (Wildman–Crippen MR) is 84.6 cm³/mol. The number of benzene rings is 2. The summed E-state index contributed by atoms with van der Waals surface area (Å²) in [5, 5.41) is 5.68. The van der Waals surface area contributed by atoms with E-state index >= 15 is 0 Å². The number of rotatable bonds is 4. The summed E-state index contributed by atoms with van der Waals surface area (Å²) in [5.41, 5.74) is 5.19. The molecule has 3 rings (SSSR count). The minimum Gasteiger partial charge on any atom is -0.271 e. The highest BCUT2D eigenvalue weighted by atomic mass is 32.1. The molecule has 1 heterocycles. The van der Waals surface area contributed by atoms with E-state index in [1.165, 1.54) is 16.3 Å². The molecule has 1 atom stereocenters. The van der Waals surface area contributed by atoms with Crippen molar-refractivity contribution in [3.05, 3.63) is 64.1 Å². The molecule has 0 aliphatic rings. The summed E-state index contributed by atoms with van der Waals surface area (Å²) in [7, 11) is 0. The van der Waals surface area contributed by atoms with Crippen LogP contribution in [0.25, 0.3) is 10.8 Å². The van der Waals surface area contributed by atoms with Crippen LogP contribution in [0.15, 0.2) is 47.8 Å². The summed E-state index contributed by atoms with van der Waals surface area (Å²) < 4.78 is 0. The highest BCUT2D eigenvalue weighted by Gasteiger charge is 2.14. The molecule has 4 heteroatoms. The monoisotopic (exact) mass is 283 g/mol. The lowest BCUT2D eigenvalue weighted by atomic mass is 9.98. The van der Waals surface area contributed by atoms with E-state index in [0.717, 1.165) is 17.1 Å². The van der Waals surface area contributed by atoms with Crippen LogP contribution in [0.3, 0.4) is 0 Å². The van der Waals surface area contributed by atoms with E-state index in [4.69, 9.17) is 5.84 Å². The molecule has 3 nitrogen and oxygen atoms in total. The SMILES string of the molecule is Cc1nc(C(Cc2cccc3ccccc23)NN)cs1. The molecule has 0 saturated carbocycles. The second-order valence-corrected chi connectivity index (χ2v) is 5.92. The van der Waals surface area contributed by atoms with Gasteiger partial charge in [-0.2, -0.15) is 0 Å². The minimum absolute atomic E-state index is 0.0470. The van der Waals surface area contributed by atoms with Gasteiger partial charge in [0.1, 0.15) is 0 Å². The quantitative estimate of drug-likeness (QED) is 0.570. The maximum Gasteiger partial charge on any atom is 0.0898 e. The van der Waals surface area contributed by atoms with Gasteiger partial charge < -0.3 is 0 Å². The second-order valence-electron chi connectivity index (χ2n) is 4.85. The standard InChI is InChI=1S/C16H17N3S/c1-11-18-16(10-20-11)15(19-17)9-13-7-4-6-12-5-2-3-8-14(12)13/h2-8,10,15,19H,9,17H2,1H3. The van der Waals surface area contributed by atoms with Crippen LogP contribution < -0.4 is 11.3 Å². The molecule has 20 heavy (non-hydrogen) atoms. The Kier molecular flexibility index (Phi) is 3.78. The molecule has 0 radical (unpaired) electrons. The maximum absolute atomic E-state index is 5.72. The zero-order valence-corrected chi connectivity index (χ0v) is 12.2. The van der Waals surface area contributed by atoms with Crippen molar-refractivity contribution in [1.82, 2.24) is 10.4 Å². The van der Waals surface area contributed by atoms with Crippen LogP contribution in [-0.2, 0) is 6.42 Å². The molecule has 3 N–H and O–H groups in total. The number of nitrogens with one attached hydrogen (secondary N) is 1.